The maximum Gasteiger partial charge on any atom is 0.253 e. The first kappa shape index (κ1) is 11.1. The topological polar surface area (TPSA) is 106 Å². The summed E-state index contributed by atoms with van der Waals surface area (Å²) in [4.78, 5) is 15.6. The lowest BCUT2D eigenvalue weighted by atomic mass is 10.2. The highest BCUT2D eigenvalue weighted by Crippen LogP contribution is 2.03. The molecular weight excluding hydrogens is 222 g/mol. The van der Waals surface area contributed by atoms with Crippen LogP contribution in [-0.2, 0) is 6.54 Å². The molecule has 0 unspecified atom stereocenters. The Kier molecular flexibility index (Phi) is 3.31. The maximum absolute atomic E-state index is 11.7. The predicted molar refractivity (Wildman–Crippen MR) is 59.7 cm³/mol. The number of hydrogen-bond acceptors (Lipinski definition) is 6. The molecule has 0 bridgehead atoms. The van der Waals surface area contributed by atoms with E-state index in [9.17, 15) is 4.79 Å². The average molecular weight is 233 g/mol. The number of nitrogen functional groups attached to an aromatic ring is 1. The summed E-state index contributed by atoms with van der Waals surface area (Å²) in [5.74, 6) is 5.43. The zero-order valence-corrected chi connectivity index (χ0v) is 8.88. The Morgan fingerprint density at radius 3 is 2.88 bits per heavy atom. The zero-order valence-electron chi connectivity index (χ0n) is 8.88. The van der Waals surface area contributed by atoms with Crippen molar-refractivity contribution in [2.75, 3.05) is 5.43 Å². The van der Waals surface area contributed by atoms with Crippen LogP contribution in [0.4, 0.5) is 5.82 Å². The molecular formula is C10H11N5O2. The number of anilines is 1. The van der Waals surface area contributed by atoms with Gasteiger partial charge in [-0.2, -0.15) is 0 Å². The van der Waals surface area contributed by atoms with Crippen LogP contribution in [0, 0.1) is 0 Å². The van der Waals surface area contributed by atoms with E-state index in [2.05, 4.69) is 25.4 Å². The molecule has 1 amide bonds. The minimum atomic E-state index is -0.232. The second kappa shape index (κ2) is 5.08. The number of rotatable bonds is 4. The molecule has 0 aliphatic carbocycles. The number of carbonyl (C=O) groups is 1. The summed E-state index contributed by atoms with van der Waals surface area (Å²) in [5.41, 5.74) is 3.49. The van der Waals surface area contributed by atoms with Crippen molar-refractivity contribution < 1.29 is 9.32 Å². The zero-order chi connectivity index (χ0) is 12.1. The highest BCUT2D eigenvalue weighted by molar-refractivity contribution is 5.93. The molecule has 0 spiro atoms. The predicted octanol–water partition coefficient (Wildman–Crippen LogP) is 0.285. The van der Waals surface area contributed by atoms with Crippen molar-refractivity contribution in [2.45, 2.75) is 6.54 Å². The monoisotopic (exact) mass is 233 g/mol. The minimum Gasteiger partial charge on any atom is -0.364 e. The van der Waals surface area contributed by atoms with Crippen LogP contribution in [-0.4, -0.2) is 16.0 Å². The van der Waals surface area contributed by atoms with Gasteiger partial charge in [0.25, 0.3) is 5.91 Å². The van der Waals surface area contributed by atoms with Gasteiger partial charge in [0.15, 0.2) is 0 Å². The van der Waals surface area contributed by atoms with Crippen molar-refractivity contribution in [1.82, 2.24) is 15.5 Å². The van der Waals surface area contributed by atoms with Gasteiger partial charge in [-0.15, -0.1) is 0 Å². The molecule has 0 radical (unpaired) electrons. The van der Waals surface area contributed by atoms with Gasteiger partial charge in [0.2, 0.25) is 0 Å². The van der Waals surface area contributed by atoms with Gasteiger partial charge in [-0.3, -0.25) is 4.79 Å². The molecule has 2 aromatic rings. The van der Waals surface area contributed by atoms with Crippen LogP contribution < -0.4 is 16.6 Å². The number of hydrogen-bond donors (Lipinski definition) is 3. The Bertz CT molecular complexity index is 480. The van der Waals surface area contributed by atoms with E-state index in [1.54, 1.807) is 18.2 Å². The van der Waals surface area contributed by atoms with Crippen molar-refractivity contribution >= 4 is 11.7 Å². The average Bonchev–Trinajstić information content (AvgIpc) is 2.89. The number of amides is 1. The van der Waals surface area contributed by atoms with Crippen LogP contribution in [0.25, 0.3) is 0 Å². The van der Waals surface area contributed by atoms with Crippen LogP contribution in [0.2, 0.25) is 0 Å². The Balaban J connectivity index is 1.95. The molecule has 2 rings (SSSR count). The second-order valence-corrected chi connectivity index (χ2v) is 3.25. The number of nitrogens with zero attached hydrogens (tertiary/aromatic N) is 2. The Morgan fingerprint density at radius 2 is 2.29 bits per heavy atom. The lowest BCUT2D eigenvalue weighted by Gasteiger charge is -2.03. The van der Waals surface area contributed by atoms with E-state index < -0.39 is 0 Å². The third kappa shape index (κ3) is 2.79. The molecule has 88 valence electrons. The van der Waals surface area contributed by atoms with Gasteiger partial charge in [-0.25, -0.2) is 10.8 Å². The highest BCUT2D eigenvalue weighted by Gasteiger charge is 2.06. The molecule has 0 fully saturated rings. The van der Waals surface area contributed by atoms with Crippen LogP contribution in [0.5, 0.6) is 0 Å². The standard InChI is InChI=1S/C10H11N5O2/c11-14-9-2-1-7(5-12-9)10(16)13-6-8-3-4-17-15-8/h1-5H,6,11H2,(H,12,14)(H,13,16). The molecule has 2 heterocycles. The summed E-state index contributed by atoms with van der Waals surface area (Å²) in [6.45, 7) is 0.312. The molecule has 4 N–H and O–H groups in total. The van der Waals surface area contributed by atoms with Gasteiger partial charge < -0.3 is 15.3 Å². The number of aromatic nitrogens is 2. The van der Waals surface area contributed by atoms with Crippen LogP contribution >= 0.6 is 0 Å². The maximum atomic E-state index is 11.7. The summed E-state index contributed by atoms with van der Waals surface area (Å²) in [6, 6.07) is 4.92. The normalized spacial score (nSPS) is 9.94. The van der Waals surface area contributed by atoms with Crippen molar-refractivity contribution in [3.63, 3.8) is 0 Å². The fourth-order valence-corrected chi connectivity index (χ4v) is 1.22. The molecule has 0 aromatic carbocycles. The first-order valence-electron chi connectivity index (χ1n) is 4.89. The number of nitrogens with one attached hydrogen (secondary N) is 2. The number of nitrogens with two attached hydrogens (primary N) is 1. The van der Waals surface area contributed by atoms with Crippen LogP contribution in [0.15, 0.2) is 35.2 Å². The highest BCUT2D eigenvalue weighted by atomic mass is 16.5. The summed E-state index contributed by atoms with van der Waals surface area (Å²) in [7, 11) is 0. The molecule has 0 atom stereocenters. The van der Waals surface area contributed by atoms with Crippen LogP contribution in [0.3, 0.4) is 0 Å². The molecule has 0 aliphatic heterocycles. The SMILES string of the molecule is NNc1ccc(C(=O)NCc2ccon2)cn1. The van der Waals surface area contributed by atoms with Gasteiger partial charge in [0, 0.05) is 12.3 Å². The number of hydrazine groups is 1. The largest absolute Gasteiger partial charge is 0.364 e. The summed E-state index contributed by atoms with van der Waals surface area (Å²) in [6.07, 6.45) is 2.89. The van der Waals surface area contributed by atoms with Crippen molar-refractivity contribution in [1.29, 1.82) is 0 Å². The van der Waals surface area contributed by atoms with E-state index in [0.29, 0.717) is 23.6 Å². The number of pyridine rings is 1. The van der Waals surface area contributed by atoms with Crippen molar-refractivity contribution in [2.24, 2.45) is 5.84 Å². The molecule has 17 heavy (non-hydrogen) atoms. The van der Waals surface area contributed by atoms with E-state index in [1.807, 2.05) is 0 Å². The van der Waals surface area contributed by atoms with Gasteiger partial charge in [-0.1, -0.05) is 5.16 Å². The Hall–Kier alpha value is -2.41. The Morgan fingerprint density at radius 1 is 1.41 bits per heavy atom. The lowest BCUT2D eigenvalue weighted by molar-refractivity contribution is 0.0950. The van der Waals surface area contributed by atoms with Gasteiger partial charge in [0.1, 0.15) is 17.8 Å². The van der Waals surface area contributed by atoms with Crippen molar-refractivity contribution in [3.05, 3.63) is 41.9 Å². The molecule has 7 nitrogen and oxygen atoms in total. The summed E-state index contributed by atoms with van der Waals surface area (Å²) < 4.78 is 4.65. The van der Waals surface area contributed by atoms with Gasteiger partial charge >= 0.3 is 0 Å². The third-order valence-electron chi connectivity index (χ3n) is 2.09. The van der Waals surface area contributed by atoms with E-state index in [0.717, 1.165) is 0 Å². The summed E-state index contributed by atoms with van der Waals surface area (Å²) in [5, 5.41) is 6.36. The second-order valence-electron chi connectivity index (χ2n) is 3.25. The summed E-state index contributed by atoms with van der Waals surface area (Å²) >= 11 is 0. The van der Waals surface area contributed by atoms with E-state index in [4.69, 9.17) is 5.84 Å². The van der Waals surface area contributed by atoms with E-state index in [-0.39, 0.29) is 5.91 Å². The lowest BCUT2D eigenvalue weighted by Crippen LogP contribution is -2.23. The van der Waals surface area contributed by atoms with Crippen molar-refractivity contribution in [3.8, 4) is 0 Å². The fraction of sp³-hybridized carbons (Fsp3) is 0.100. The number of carbonyl (C=O) groups excluding carboxylic acids is 1. The van der Waals surface area contributed by atoms with Gasteiger partial charge in [-0.05, 0) is 12.1 Å². The molecule has 0 aliphatic rings. The van der Waals surface area contributed by atoms with E-state index >= 15 is 0 Å². The molecule has 0 saturated heterocycles. The first-order valence-corrected chi connectivity index (χ1v) is 4.89. The van der Waals surface area contributed by atoms with Crippen LogP contribution in [0.1, 0.15) is 16.1 Å². The minimum absolute atomic E-state index is 0.232. The molecule has 0 saturated carbocycles. The molecule has 7 heteroatoms. The molecule has 2 aromatic heterocycles. The first-order chi connectivity index (χ1) is 8.29. The quantitative estimate of drug-likeness (QED) is 0.517. The van der Waals surface area contributed by atoms with E-state index in [1.165, 1.54) is 12.5 Å². The fourth-order valence-electron chi connectivity index (χ4n) is 1.22. The smallest absolute Gasteiger partial charge is 0.253 e. The van der Waals surface area contributed by atoms with Gasteiger partial charge in [0.05, 0.1) is 12.1 Å². The third-order valence-corrected chi connectivity index (χ3v) is 2.09. The Labute approximate surface area is 97.0 Å².